The summed E-state index contributed by atoms with van der Waals surface area (Å²) in [6.07, 6.45) is 2.56. The van der Waals surface area contributed by atoms with Crippen LogP contribution in [0.4, 0.5) is 0 Å². The van der Waals surface area contributed by atoms with Gasteiger partial charge in [0, 0.05) is 19.1 Å². The summed E-state index contributed by atoms with van der Waals surface area (Å²) in [4.78, 5) is 2.56. The molecule has 0 amide bonds. The van der Waals surface area contributed by atoms with E-state index in [1.54, 1.807) is 0 Å². The number of likely N-dealkylation sites (tertiary alicyclic amines) is 1. The molecule has 2 rings (SSSR count). The first-order valence-corrected chi connectivity index (χ1v) is 7.09. The van der Waals surface area contributed by atoms with Crippen molar-refractivity contribution in [1.29, 1.82) is 0 Å². The summed E-state index contributed by atoms with van der Waals surface area (Å²) < 4.78 is 0. The van der Waals surface area contributed by atoms with E-state index in [2.05, 4.69) is 43.9 Å². The summed E-state index contributed by atoms with van der Waals surface area (Å²) in [5, 5.41) is 0. The second kappa shape index (κ2) is 5.85. The summed E-state index contributed by atoms with van der Waals surface area (Å²) >= 11 is 0. The predicted octanol–water partition coefficient (Wildman–Crippen LogP) is 2.86. The molecule has 1 aliphatic heterocycles. The predicted molar refractivity (Wildman–Crippen MR) is 77.6 cm³/mol. The van der Waals surface area contributed by atoms with Gasteiger partial charge in [-0.2, -0.15) is 0 Å². The van der Waals surface area contributed by atoms with Crippen LogP contribution in [-0.2, 0) is 6.54 Å². The first kappa shape index (κ1) is 13.6. The molecule has 2 nitrogen and oxygen atoms in total. The number of hydrogen-bond acceptors (Lipinski definition) is 2. The third-order valence-corrected chi connectivity index (χ3v) is 4.04. The van der Waals surface area contributed by atoms with E-state index in [0.29, 0.717) is 6.04 Å². The Morgan fingerprint density at radius 3 is 2.50 bits per heavy atom. The van der Waals surface area contributed by atoms with Crippen LogP contribution in [-0.4, -0.2) is 24.0 Å². The molecule has 1 saturated heterocycles. The van der Waals surface area contributed by atoms with Gasteiger partial charge in [-0.3, -0.25) is 4.90 Å². The number of benzene rings is 1. The highest BCUT2D eigenvalue weighted by Gasteiger charge is 2.25. The SMILES string of the molecule is Cc1cc(C)cc(CN2CCC(C)CC2CN)c1. The number of aryl methyl sites for hydroxylation is 2. The van der Waals surface area contributed by atoms with Gasteiger partial charge in [0.15, 0.2) is 0 Å². The summed E-state index contributed by atoms with van der Waals surface area (Å²) in [6.45, 7) is 9.73. The van der Waals surface area contributed by atoms with Crippen molar-refractivity contribution in [3.63, 3.8) is 0 Å². The lowest BCUT2D eigenvalue weighted by molar-refractivity contribution is 0.115. The molecule has 18 heavy (non-hydrogen) atoms. The minimum Gasteiger partial charge on any atom is -0.329 e. The minimum atomic E-state index is 0.564. The van der Waals surface area contributed by atoms with Crippen molar-refractivity contribution in [3.05, 3.63) is 34.9 Å². The van der Waals surface area contributed by atoms with Gasteiger partial charge in [-0.05, 0) is 44.7 Å². The third-order valence-electron chi connectivity index (χ3n) is 4.04. The van der Waals surface area contributed by atoms with Gasteiger partial charge in [-0.15, -0.1) is 0 Å². The molecule has 1 aromatic rings. The lowest BCUT2D eigenvalue weighted by Gasteiger charge is -2.38. The Balaban J connectivity index is 2.07. The van der Waals surface area contributed by atoms with Crippen LogP contribution in [0, 0.1) is 19.8 Å². The largest absolute Gasteiger partial charge is 0.329 e. The van der Waals surface area contributed by atoms with Gasteiger partial charge in [-0.25, -0.2) is 0 Å². The maximum absolute atomic E-state index is 5.93. The molecular weight excluding hydrogens is 220 g/mol. The zero-order valence-electron chi connectivity index (χ0n) is 11.9. The molecule has 2 heteroatoms. The van der Waals surface area contributed by atoms with Crippen LogP contribution in [0.25, 0.3) is 0 Å². The normalized spacial score (nSPS) is 25.3. The Morgan fingerprint density at radius 1 is 1.22 bits per heavy atom. The first-order valence-electron chi connectivity index (χ1n) is 7.09. The summed E-state index contributed by atoms with van der Waals surface area (Å²) in [7, 11) is 0. The van der Waals surface area contributed by atoms with Crippen molar-refractivity contribution in [2.24, 2.45) is 11.7 Å². The van der Waals surface area contributed by atoms with Crippen molar-refractivity contribution in [3.8, 4) is 0 Å². The van der Waals surface area contributed by atoms with Crippen LogP contribution in [0.2, 0.25) is 0 Å². The number of nitrogens with zero attached hydrogens (tertiary/aromatic N) is 1. The van der Waals surface area contributed by atoms with Gasteiger partial charge in [0.1, 0.15) is 0 Å². The van der Waals surface area contributed by atoms with E-state index in [4.69, 9.17) is 5.73 Å². The molecule has 0 saturated carbocycles. The number of hydrogen-bond donors (Lipinski definition) is 1. The van der Waals surface area contributed by atoms with Gasteiger partial charge in [0.25, 0.3) is 0 Å². The minimum absolute atomic E-state index is 0.564. The van der Waals surface area contributed by atoms with E-state index in [9.17, 15) is 0 Å². The molecule has 1 aliphatic rings. The topological polar surface area (TPSA) is 29.3 Å². The van der Waals surface area contributed by atoms with Crippen molar-refractivity contribution in [2.45, 2.75) is 46.2 Å². The molecule has 0 spiro atoms. The van der Waals surface area contributed by atoms with Crippen LogP contribution in [0.3, 0.4) is 0 Å². The van der Waals surface area contributed by atoms with Crippen molar-refractivity contribution in [1.82, 2.24) is 4.90 Å². The Kier molecular flexibility index (Phi) is 4.41. The van der Waals surface area contributed by atoms with Crippen LogP contribution in [0.15, 0.2) is 18.2 Å². The second-order valence-corrected chi connectivity index (χ2v) is 5.99. The fraction of sp³-hybridized carbons (Fsp3) is 0.625. The van der Waals surface area contributed by atoms with Crippen LogP contribution in [0.5, 0.6) is 0 Å². The molecule has 2 unspecified atom stereocenters. The van der Waals surface area contributed by atoms with Crippen LogP contribution < -0.4 is 5.73 Å². The zero-order chi connectivity index (χ0) is 13.1. The molecule has 100 valence electrons. The van der Waals surface area contributed by atoms with Crippen LogP contribution >= 0.6 is 0 Å². The molecule has 0 aliphatic carbocycles. The molecule has 0 bridgehead atoms. The molecule has 1 heterocycles. The molecule has 1 aromatic carbocycles. The number of nitrogens with two attached hydrogens (primary N) is 1. The quantitative estimate of drug-likeness (QED) is 0.888. The van der Waals surface area contributed by atoms with Gasteiger partial charge in [0.2, 0.25) is 0 Å². The fourth-order valence-corrected chi connectivity index (χ4v) is 3.15. The van der Waals surface area contributed by atoms with Gasteiger partial charge in [0.05, 0.1) is 0 Å². The highest BCUT2D eigenvalue weighted by Crippen LogP contribution is 2.24. The third kappa shape index (κ3) is 3.33. The fourth-order valence-electron chi connectivity index (χ4n) is 3.15. The molecule has 1 fully saturated rings. The van der Waals surface area contributed by atoms with E-state index in [-0.39, 0.29) is 0 Å². The van der Waals surface area contributed by atoms with Crippen LogP contribution in [0.1, 0.15) is 36.5 Å². The number of piperidine rings is 1. The Hall–Kier alpha value is -0.860. The van der Waals surface area contributed by atoms with Crippen molar-refractivity contribution in [2.75, 3.05) is 13.1 Å². The monoisotopic (exact) mass is 246 g/mol. The number of rotatable bonds is 3. The summed E-state index contributed by atoms with van der Waals surface area (Å²) in [5.41, 5.74) is 10.1. The maximum atomic E-state index is 5.93. The van der Waals surface area contributed by atoms with E-state index in [1.165, 1.54) is 36.1 Å². The Bertz CT molecular complexity index is 380. The molecule has 0 radical (unpaired) electrons. The average Bonchev–Trinajstić information content (AvgIpc) is 2.30. The Morgan fingerprint density at radius 2 is 1.89 bits per heavy atom. The molecule has 0 aromatic heterocycles. The highest BCUT2D eigenvalue weighted by atomic mass is 15.2. The highest BCUT2D eigenvalue weighted by molar-refractivity contribution is 5.28. The van der Waals surface area contributed by atoms with E-state index >= 15 is 0 Å². The molecule has 2 atom stereocenters. The Labute approximate surface area is 111 Å². The zero-order valence-corrected chi connectivity index (χ0v) is 11.9. The molecule has 2 N–H and O–H groups in total. The first-order chi connectivity index (χ1) is 8.58. The van der Waals surface area contributed by atoms with E-state index in [0.717, 1.165) is 19.0 Å². The maximum Gasteiger partial charge on any atom is 0.0237 e. The lowest BCUT2D eigenvalue weighted by atomic mass is 9.92. The molecular formula is C16H26N2. The second-order valence-electron chi connectivity index (χ2n) is 5.99. The van der Waals surface area contributed by atoms with Crippen molar-refractivity contribution < 1.29 is 0 Å². The van der Waals surface area contributed by atoms with Gasteiger partial charge < -0.3 is 5.73 Å². The summed E-state index contributed by atoms with van der Waals surface area (Å²) in [6, 6.07) is 7.41. The summed E-state index contributed by atoms with van der Waals surface area (Å²) in [5.74, 6) is 0.828. The van der Waals surface area contributed by atoms with E-state index in [1.807, 2.05) is 0 Å². The van der Waals surface area contributed by atoms with Crippen molar-refractivity contribution >= 4 is 0 Å². The van der Waals surface area contributed by atoms with Gasteiger partial charge in [-0.1, -0.05) is 36.2 Å². The lowest BCUT2D eigenvalue weighted by Crippen LogP contribution is -2.45. The van der Waals surface area contributed by atoms with E-state index < -0.39 is 0 Å². The van der Waals surface area contributed by atoms with Gasteiger partial charge >= 0.3 is 0 Å². The standard InChI is InChI=1S/C16H26N2/c1-12-4-5-18(16(9-12)10-17)11-15-7-13(2)6-14(3)8-15/h6-8,12,16H,4-5,9-11,17H2,1-3H3. The smallest absolute Gasteiger partial charge is 0.0237 e. The average molecular weight is 246 g/mol.